The van der Waals surface area contributed by atoms with E-state index >= 15 is 0 Å². The molecular formula is C13H19ClN2O2. The van der Waals surface area contributed by atoms with Crippen LogP contribution >= 0.6 is 11.6 Å². The first kappa shape index (κ1) is 14.8. The first-order valence-corrected chi connectivity index (χ1v) is 6.41. The van der Waals surface area contributed by atoms with Crippen LogP contribution in [0.4, 0.5) is 5.69 Å². The zero-order valence-electron chi connectivity index (χ0n) is 10.7. The highest BCUT2D eigenvalue weighted by Gasteiger charge is 2.15. The van der Waals surface area contributed by atoms with Crippen molar-refractivity contribution in [2.75, 3.05) is 25.4 Å². The van der Waals surface area contributed by atoms with Gasteiger partial charge < -0.3 is 15.7 Å². The fourth-order valence-electron chi connectivity index (χ4n) is 1.89. The van der Waals surface area contributed by atoms with Gasteiger partial charge in [-0.3, -0.25) is 0 Å². The Morgan fingerprint density at radius 1 is 1.39 bits per heavy atom. The van der Waals surface area contributed by atoms with E-state index in [0.29, 0.717) is 22.7 Å². The molecule has 0 saturated carbocycles. The largest absolute Gasteiger partial charge is 0.478 e. The third-order valence-electron chi connectivity index (χ3n) is 3.08. The fourth-order valence-corrected chi connectivity index (χ4v) is 2.15. The summed E-state index contributed by atoms with van der Waals surface area (Å²) in [4.78, 5) is 13.4. The number of carbonyl (C=O) groups is 1. The number of anilines is 1. The van der Waals surface area contributed by atoms with Crippen LogP contribution in [0.5, 0.6) is 0 Å². The molecular weight excluding hydrogens is 252 g/mol. The summed E-state index contributed by atoms with van der Waals surface area (Å²) in [5.74, 6) is -0.966. The first-order valence-electron chi connectivity index (χ1n) is 6.03. The zero-order chi connectivity index (χ0) is 13.7. The average Bonchev–Trinajstić information content (AvgIpc) is 2.35. The lowest BCUT2D eigenvalue weighted by atomic mass is 10.0. The van der Waals surface area contributed by atoms with E-state index < -0.39 is 5.97 Å². The highest BCUT2D eigenvalue weighted by Crippen LogP contribution is 2.27. The van der Waals surface area contributed by atoms with E-state index in [0.717, 1.165) is 19.6 Å². The zero-order valence-corrected chi connectivity index (χ0v) is 11.5. The third kappa shape index (κ3) is 3.37. The molecule has 18 heavy (non-hydrogen) atoms. The maximum Gasteiger partial charge on any atom is 0.336 e. The van der Waals surface area contributed by atoms with Crippen LogP contribution in [0.1, 0.15) is 29.8 Å². The third-order valence-corrected chi connectivity index (χ3v) is 3.52. The lowest BCUT2D eigenvalue weighted by molar-refractivity contribution is 0.0695. The summed E-state index contributed by atoms with van der Waals surface area (Å²) in [5, 5.41) is 9.51. The number of carboxylic acid groups (broad SMARTS) is 1. The summed E-state index contributed by atoms with van der Waals surface area (Å²) in [6.45, 7) is 6.78. The Morgan fingerprint density at radius 3 is 2.50 bits per heavy atom. The van der Waals surface area contributed by atoms with Gasteiger partial charge in [0.05, 0.1) is 16.3 Å². The van der Waals surface area contributed by atoms with Crippen LogP contribution in [0, 0.1) is 0 Å². The quantitative estimate of drug-likeness (QED) is 0.780. The molecule has 0 atom stereocenters. The number of rotatable bonds is 6. The maximum atomic E-state index is 11.2. The van der Waals surface area contributed by atoms with Crippen molar-refractivity contribution >= 4 is 23.3 Å². The normalized spacial score (nSPS) is 10.9. The van der Waals surface area contributed by atoms with Gasteiger partial charge in [-0.1, -0.05) is 25.4 Å². The van der Waals surface area contributed by atoms with Gasteiger partial charge in [0.15, 0.2) is 0 Å². The van der Waals surface area contributed by atoms with E-state index in [2.05, 4.69) is 18.7 Å². The Balaban J connectivity index is 2.98. The molecule has 0 aliphatic heterocycles. The van der Waals surface area contributed by atoms with E-state index in [-0.39, 0.29) is 5.56 Å². The molecule has 1 aromatic rings. The monoisotopic (exact) mass is 270 g/mol. The van der Waals surface area contributed by atoms with Crippen molar-refractivity contribution in [3.8, 4) is 0 Å². The molecule has 0 aromatic heterocycles. The number of aromatic carboxylic acids is 1. The molecule has 0 aliphatic rings. The van der Waals surface area contributed by atoms with Crippen molar-refractivity contribution in [2.45, 2.75) is 20.3 Å². The Hall–Kier alpha value is -1.26. The van der Waals surface area contributed by atoms with Crippen LogP contribution in [0.25, 0.3) is 0 Å². The predicted octanol–water partition coefficient (Wildman–Crippen LogP) is 2.50. The Labute approximate surface area is 112 Å². The van der Waals surface area contributed by atoms with E-state index in [4.69, 9.17) is 22.4 Å². The van der Waals surface area contributed by atoms with Crippen LogP contribution in [0.15, 0.2) is 12.1 Å². The molecule has 0 radical (unpaired) electrons. The Bertz CT molecular complexity index is 431. The summed E-state index contributed by atoms with van der Waals surface area (Å²) in [7, 11) is 0. The molecule has 0 heterocycles. The SMILES string of the molecule is CCN(CC)CCc1c(C(=O)O)ccc(N)c1Cl. The molecule has 0 amide bonds. The number of hydrogen-bond acceptors (Lipinski definition) is 3. The van der Waals surface area contributed by atoms with E-state index in [1.165, 1.54) is 12.1 Å². The standard InChI is InChI=1S/C13H19ClN2O2/c1-3-16(4-2)8-7-9-10(13(17)18)5-6-11(15)12(9)14/h5-6H,3-4,7-8,15H2,1-2H3,(H,17,18). The van der Waals surface area contributed by atoms with Crippen molar-refractivity contribution in [1.29, 1.82) is 0 Å². The molecule has 1 rings (SSSR count). The second-order valence-electron chi connectivity index (χ2n) is 4.08. The van der Waals surface area contributed by atoms with Crippen molar-refractivity contribution < 1.29 is 9.90 Å². The minimum absolute atomic E-state index is 0.237. The average molecular weight is 271 g/mol. The lowest BCUT2D eigenvalue weighted by Crippen LogP contribution is -2.26. The molecule has 0 spiro atoms. The van der Waals surface area contributed by atoms with Gasteiger partial charge >= 0.3 is 5.97 Å². The number of benzene rings is 1. The van der Waals surface area contributed by atoms with Crippen LogP contribution in [0.2, 0.25) is 5.02 Å². The van der Waals surface area contributed by atoms with Crippen LogP contribution < -0.4 is 5.73 Å². The summed E-state index contributed by atoms with van der Waals surface area (Å²) < 4.78 is 0. The Morgan fingerprint density at radius 2 is 2.00 bits per heavy atom. The second-order valence-corrected chi connectivity index (χ2v) is 4.45. The summed E-state index contributed by atoms with van der Waals surface area (Å²) in [5.41, 5.74) is 7.01. The van der Waals surface area contributed by atoms with Crippen LogP contribution in [-0.4, -0.2) is 35.6 Å². The van der Waals surface area contributed by atoms with Crippen molar-refractivity contribution in [1.82, 2.24) is 4.90 Å². The highest BCUT2D eigenvalue weighted by atomic mass is 35.5. The molecule has 0 saturated heterocycles. The van der Waals surface area contributed by atoms with E-state index in [9.17, 15) is 4.79 Å². The summed E-state index contributed by atoms with van der Waals surface area (Å²) in [6, 6.07) is 3.05. The first-order chi connectivity index (χ1) is 8.51. The van der Waals surface area contributed by atoms with Gasteiger partial charge in [0.2, 0.25) is 0 Å². The molecule has 4 nitrogen and oxygen atoms in total. The number of hydrogen-bond donors (Lipinski definition) is 2. The van der Waals surface area contributed by atoms with Gasteiger partial charge in [0.25, 0.3) is 0 Å². The molecule has 0 bridgehead atoms. The van der Waals surface area contributed by atoms with Gasteiger partial charge in [0, 0.05) is 6.54 Å². The van der Waals surface area contributed by atoms with Crippen LogP contribution in [-0.2, 0) is 6.42 Å². The smallest absolute Gasteiger partial charge is 0.336 e. The predicted molar refractivity (Wildman–Crippen MR) is 74.3 cm³/mol. The topological polar surface area (TPSA) is 66.6 Å². The van der Waals surface area contributed by atoms with Crippen molar-refractivity contribution in [3.05, 3.63) is 28.3 Å². The highest BCUT2D eigenvalue weighted by molar-refractivity contribution is 6.34. The summed E-state index contributed by atoms with van der Waals surface area (Å²) >= 11 is 6.11. The van der Waals surface area contributed by atoms with Crippen molar-refractivity contribution in [2.24, 2.45) is 0 Å². The summed E-state index contributed by atoms with van der Waals surface area (Å²) in [6.07, 6.45) is 0.590. The van der Waals surface area contributed by atoms with Crippen LogP contribution in [0.3, 0.4) is 0 Å². The number of likely N-dealkylation sites (N-methyl/N-ethyl adjacent to an activating group) is 1. The number of nitrogen functional groups attached to an aromatic ring is 1. The maximum absolute atomic E-state index is 11.2. The molecule has 1 aromatic carbocycles. The second kappa shape index (κ2) is 6.61. The Kier molecular flexibility index (Phi) is 5.44. The number of carboxylic acids is 1. The molecule has 100 valence electrons. The minimum atomic E-state index is -0.966. The van der Waals surface area contributed by atoms with Gasteiger partial charge in [-0.15, -0.1) is 0 Å². The van der Waals surface area contributed by atoms with E-state index in [1.807, 2.05) is 0 Å². The van der Waals surface area contributed by atoms with Gasteiger partial charge in [-0.05, 0) is 37.2 Å². The number of nitrogens with two attached hydrogens (primary N) is 1. The van der Waals surface area contributed by atoms with Crippen molar-refractivity contribution in [3.63, 3.8) is 0 Å². The number of nitrogens with zero attached hydrogens (tertiary/aromatic N) is 1. The van der Waals surface area contributed by atoms with Gasteiger partial charge in [-0.25, -0.2) is 4.79 Å². The fraction of sp³-hybridized carbons (Fsp3) is 0.462. The molecule has 3 N–H and O–H groups in total. The van der Waals surface area contributed by atoms with Gasteiger partial charge in [0.1, 0.15) is 0 Å². The minimum Gasteiger partial charge on any atom is -0.478 e. The van der Waals surface area contributed by atoms with E-state index in [1.54, 1.807) is 0 Å². The number of halogens is 1. The molecule has 0 unspecified atom stereocenters. The molecule has 0 aliphatic carbocycles. The molecule has 0 fully saturated rings. The van der Waals surface area contributed by atoms with Gasteiger partial charge in [-0.2, -0.15) is 0 Å². The molecule has 5 heteroatoms. The lowest BCUT2D eigenvalue weighted by Gasteiger charge is -2.19.